The van der Waals surface area contributed by atoms with Gasteiger partial charge in [-0.3, -0.25) is 0 Å². The number of allylic oxidation sites excluding steroid dienone is 2. The second kappa shape index (κ2) is 25.4. The molecule has 0 spiro atoms. The summed E-state index contributed by atoms with van der Waals surface area (Å²) < 4.78 is 6.04. The van der Waals surface area contributed by atoms with Crippen LogP contribution in [0.15, 0.2) is 263 Å². The van der Waals surface area contributed by atoms with Crippen molar-refractivity contribution in [2.75, 3.05) is 7.11 Å². The topological polar surface area (TPSA) is 96.0 Å². The molecule has 15 rings (SSSR count). The molecule has 3 unspecified atom stereocenters. The zero-order valence-electron chi connectivity index (χ0n) is 47.3. The number of hydrogen-bond acceptors (Lipinski definition) is 7. The first-order valence-electron chi connectivity index (χ1n) is 29.2. The van der Waals surface area contributed by atoms with E-state index in [0.29, 0.717) is 6.61 Å². The van der Waals surface area contributed by atoms with Crippen molar-refractivity contribution >= 4 is 45.2 Å². The molecule has 0 aromatic heterocycles. The van der Waals surface area contributed by atoms with E-state index in [1.165, 1.54) is 77.9 Å². The summed E-state index contributed by atoms with van der Waals surface area (Å²) in [7, 11) is 1.78. The standard InChI is InChI=1S/C32H27NO.C19H19NO2.C18H15NO.C7H7Br/c1-3-11-24(12-4-1)21-32(29-19-26-15-7-8-16-27(26)20-29)22-28-17-9-10-18-30(28)31(32)33-34-23-25-13-5-2-6-14-25;1-22-19(11-14-7-2-3-8-15(14)12-19)17-10-13-6-4-5-9-16(13)18(17)20-21;20-19-18-16-8-4-3-7-14(16)11-17(18)15-9-12-5-1-2-6-13(12)10-15;8-6-7-4-2-1-3-5-7/h1-19H,20-23H2;2-9,17,21H,10-12H2,1H3;1-9,17,20H,10-11H2;1-5H,6H2/b;20-18+;;. The summed E-state index contributed by atoms with van der Waals surface area (Å²) in [6.07, 6.45) is 12.0. The van der Waals surface area contributed by atoms with Crippen LogP contribution in [0.5, 0.6) is 0 Å². The molecular formula is C76H68BrN3O4. The van der Waals surface area contributed by atoms with E-state index in [2.05, 4.69) is 202 Å². The third-order valence-corrected chi connectivity index (χ3v) is 18.5. The van der Waals surface area contributed by atoms with Gasteiger partial charge in [-0.2, -0.15) is 0 Å². The molecule has 0 saturated carbocycles. The van der Waals surface area contributed by atoms with Crippen molar-refractivity contribution in [1.29, 1.82) is 0 Å². The van der Waals surface area contributed by atoms with Crippen LogP contribution in [0.3, 0.4) is 0 Å². The quantitative estimate of drug-likeness (QED) is 0.0810. The highest BCUT2D eigenvalue weighted by molar-refractivity contribution is 9.08. The lowest BCUT2D eigenvalue weighted by atomic mass is 9.71. The van der Waals surface area contributed by atoms with Gasteiger partial charge < -0.3 is 20.0 Å². The minimum Gasteiger partial charge on any atom is -0.411 e. The Morgan fingerprint density at radius 1 is 0.464 bits per heavy atom. The van der Waals surface area contributed by atoms with Gasteiger partial charge in [0.15, 0.2) is 0 Å². The molecule has 9 aromatic rings. The van der Waals surface area contributed by atoms with E-state index in [1.807, 2.05) is 72.8 Å². The molecule has 0 fully saturated rings. The van der Waals surface area contributed by atoms with Gasteiger partial charge in [0.25, 0.3) is 0 Å². The second-order valence-corrected chi connectivity index (χ2v) is 23.3. The zero-order chi connectivity index (χ0) is 57.3. The molecule has 6 aliphatic rings. The van der Waals surface area contributed by atoms with Gasteiger partial charge >= 0.3 is 0 Å². The summed E-state index contributed by atoms with van der Waals surface area (Å²) in [6, 6.07) is 82.2. The number of benzene rings is 9. The van der Waals surface area contributed by atoms with Crippen LogP contribution in [-0.4, -0.2) is 40.3 Å². The van der Waals surface area contributed by atoms with Crippen LogP contribution >= 0.6 is 15.9 Å². The summed E-state index contributed by atoms with van der Waals surface area (Å²) in [5.74, 6) is 0.303. The molecule has 7 nitrogen and oxygen atoms in total. The lowest BCUT2D eigenvalue weighted by molar-refractivity contribution is -0.0284. The number of hydrogen-bond donors (Lipinski definition) is 2. The third-order valence-electron chi connectivity index (χ3n) is 17.9. The van der Waals surface area contributed by atoms with E-state index in [1.54, 1.807) is 7.11 Å². The first kappa shape index (κ1) is 55.8. The molecule has 0 bridgehead atoms. The minimum absolute atomic E-state index is 0.0901. The number of halogens is 1. The molecule has 9 aromatic carbocycles. The predicted molar refractivity (Wildman–Crippen MR) is 343 cm³/mol. The van der Waals surface area contributed by atoms with Crippen molar-refractivity contribution in [1.82, 2.24) is 0 Å². The normalized spacial score (nSPS) is 20.1. The van der Waals surface area contributed by atoms with E-state index in [0.717, 1.165) is 90.5 Å². The number of oxime groups is 3. The number of alkyl halides is 1. The van der Waals surface area contributed by atoms with Gasteiger partial charge in [-0.1, -0.05) is 291 Å². The largest absolute Gasteiger partial charge is 0.411 e. The van der Waals surface area contributed by atoms with Crippen molar-refractivity contribution in [2.24, 2.45) is 32.7 Å². The van der Waals surface area contributed by atoms with Gasteiger partial charge in [-0.15, -0.1) is 0 Å². The summed E-state index contributed by atoms with van der Waals surface area (Å²) in [5.41, 5.74) is 24.0. The molecule has 3 atom stereocenters. The fourth-order valence-corrected chi connectivity index (χ4v) is 14.0. The Morgan fingerprint density at radius 3 is 1.50 bits per heavy atom. The molecule has 8 heteroatoms. The number of methoxy groups -OCH3 is 1. The number of rotatable bonds is 10. The van der Waals surface area contributed by atoms with Crippen molar-refractivity contribution in [3.63, 3.8) is 0 Å². The first-order valence-corrected chi connectivity index (χ1v) is 30.3. The summed E-state index contributed by atoms with van der Waals surface area (Å²) in [5, 5.41) is 32.1. The van der Waals surface area contributed by atoms with Crippen molar-refractivity contribution in [3.8, 4) is 0 Å². The second-order valence-electron chi connectivity index (χ2n) is 22.7. The van der Waals surface area contributed by atoms with Gasteiger partial charge in [0.2, 0.25) is 0 Å². The smallest absolute Gasteiger partial charge is 0.142 e. The van der Waals surface area contributed by atoms with E-state index in [9.17, 15) is 10.4 Å². The van der Waals surface area contributed by atoms with E-state index in [-0.39, 0.29) is 22.9 Å². The average molecular weight is 1170 g/mol. The van der Waals surface area contributed by atoms with Crippen LogP contribution in [0.4, 0.5) is 0 Å². The van der Waals surface area contributed by atoms with Crippen LogP contribution in [0, 0.1) is 17.3 Å². The zero-order valence-corrected chi connectivity index (χ0v) is 48.9. The Bertz CT molecular complexity index is 3920. The third kappa shape index (κ3) is 11.5. The van der Waals surface area contributed by atoms with Crippen molar-refractivity contribution < 1.29 is 20.0 Å². The van der Waals surface area contributed by atoms with Crippen molar-refractivity contribution in [2.45, 2.75) is 68.9 Å². The molecule has 418 valence electrons. The SMILES string of the molecule is BrCc1ccccc1.C1=C(C2(Cc3ccccc3)Cc3ccccc3C2=NOCc2ccccc2)Cc2ccccc21.COC1(C2Cc3ccccc3/C2=N\O)Cc2ccccc2C1.ON=C1c2ccccc2CC1C1=Cc2ccccc2C1. The Hall–Kier alpha value is -8.69. The summed E-state index contributed by atoms with van der Waals surface area (Å²) in [4.78, 5) is 6.05. The molecule has 0 aliphatic heterocycles. The predicted octanol–water partition coefficient (Wildman–Crippen LogP) is 16.5. The molecule has 0 amide bonds. The summed E-state index contributed by atoms with van der Waals surface area (Å²) >= 11 is 3.36. The Labute approximate surface area is 502 Å². The molecular weight excluding hydrogens is 1100 g/mol. The van der Waals surface area contributed by atoms with E-state index < -0.39 is 0 Å². The first-order chi connectivity index (χ1) is 41.4. The summed E-state index contributed by atoms with van der Waals surface area (Å²) in [6.45, 7) is 0.465. The monoisotopic (exact) mass is 1170 g/mol. The molecule has 84 heavy (non-hydrogen) atoms. The lowest BCUT2D eigenvalue weighted by Gasteiger charge is -2.34. The molecule has 2 N–H and O–H groups in total. The fourth-order valence-electron chi connectivity index (χ4n) is 13.6. The van der Waals surface area contributed by atoms with Gasteiger partial charge in [0, 0.05) is 59.2 Å². The number of ether oxygens (including phenoxy) is 1. The highest BCUT2D eigenvalue weighted by Gasteiger charge is 2.50. The van der Waals surface area contributed by atoms with Gasteiger partial charge in [-0.05, 0) is 105 Å². The number of fused-ring (bicyclic) bond motifs is 6. The van der Waals surface area contributed by atoms with Crippen LogP contribution in [0.1, 0.15) is 83.5 Å². The Kier molecular flexibility index (Phi) is 16.9. The van der Waals surface area contributed by atoms with E-state index in [4.69, 9.17) is 14.7 Å². The van der Waals surface area contributed by atoms with Gasteiger partial charge in [0.1, 0.15) is 6.61 Å². The van der Waals surface area contributed by atoms with Crippen molar-refractivity contribution in [3.05, 3.63) is 331 Å². The highest BCUT2D eigenvalue weighted by Crippen LogP contribution is 2.50. The Morgan fingerprint density at radius 2 is 0.940 bits per heavy atom. The average Bonchev–Trinajstić information content (AvgIpc) is 3.95. The molecule has 6 aliphatic carbocycles. The molecule has 0 radical (unpaired) electrons. The van der Waals surface area contributed by atoms with E-state index >= 15 is 0 Å². The van der Waals surface area contributed by atoms with Crippen LogP contribution in [0.2, 0.25) is 0 Å². The van der Waals surface area contributed by atoms with Crippen LogP contribution < -0.4 is 0 Å². The van der Waals surface area contributed by atoms with Gasteiger partial charge in [0.05, 0.1) is 22.7 Å². The van der Waals surface area contributed by atoms with Crippen LogP contribution in [-0.2, 0) is 72.9 Å². The molecule has 0 heterocycles. The molecule has 0 saturated heterocycles. The van der Waals surface area contributed by atoms with Gasteiger partial charge in [-0.25, -0.2) is 0 Å². The maximum Gasteiger partial charge on any atom is 0.142 e. The fraction of sp³-hybridized carbons (Fsp3) is 0.197. The number of nitrogens with zero attached hydrogens (tertiary/aromatic N) is 3. The maximum absolute atomic E-state index is 9.60. The maximum atomic E-state index is 9.60. The minimum atomic E-state index is -0.315. The lowest BCUT2D eigenvalue weighted by Crippen LogP contribution is -2.44. The van der Waals surface area contributed by atoms with Crippen LogP contribution in [0.25, 0.3) is 12.2 Å². The Balaban J connectivity index is 0.000000120. The highest BCUT2D eigenvalue weighted by atomic mass is 79.9.